The van der Waals surface area contributed by atoms with Crippen LogP contribution in [0.1, 0.15) is 24.6 Å². The van der Waals surface area contributed by atoms with Gasteiger partial charge in [0.05, 0.1) is 24.3 Å². The Morgan fingerprint density at radius 3 is 3.40 bits per heavy atom. The Morgan fingerprint density at radius 2 is 2.60 bits per heavy atom. The summed E-state index contributed by atoms with van der Waals surface area (Å²) < 4.78 is 2.01. The van der Waals surface area contributed by atoms with Crippen molar-refractivity contribution in [1.82, 2.24) is 9.55 Å². The molecule has 0 radical (unpaired) electrons. The van der Waals surface area contributed by atoms with Gasteiger partial charge in [-0.3, -0.25) is 0 Å². The summed E-state index contributed by atoms with van der Waals surface area (Å²) in [6, 6.07) is 0. The first-order chi connectivity index (χ1) is 4.88. The molecule has 2 heterocycles. The van der Waals surface area contributed by atoms with Crippen molar-refractivity contribution in [2.24, 2.45) is 0 Å². The Bertz CT molecular complexity index is 231. The van der Waals surface area contributed by atoms with Crippen LogP contribution in [-0.4, -0.2) is 14.7 Å². The average molecular weight is 138 g/mol. The molecule has 10 heavy (non-hydrogen) atoms. The van der Waals surface area contributed by atoms with E-state index in [1.165, 1.54) is 0 Å². The summed E-state index contributed by atoms with van der Waals surface area (Å²) in [5.41, 5.74) is 0.964. The maximum atomic E-state index is 9.39. The number of aliphatic hydroxyl groups is 1. The fourth-order valence-electron chi connectivity index (χ4n) is 1.40. The highest BCUT2D eigenvalue weighted by atomic mass is 16.3. The van der Waals surface area contributed by atoms with Crippen LogP contribution in [0.4, 0.5) is 0 Å². The minimum Gasteiger partial charge on any atom is -0.387 e. The van der Waals surface area contributed by atoms with E-state index in [1.807, 2.05) is 4.57 Å². The number of aliphatic hydroxyl groups excluding tert-OH is 1. The molecule has 54 valence electrons. The molecule has 1 aliphatic rings. The van der Waals surface area contributed by atoms with Crippen LogP contribution in [0.2, 0.25) is 0 Å². The van der Waals surface area contributed by atoms with Gasteiger partial charge in [-0.25, -0.2) is 4.98 Å². The van der Waals surface area contributed by atoms with Gasteiger partial charge in [0.15, 0.2) is 0 Å². The monoisotopic (exact) mass is 138 g/mol. The Morgan fingerprint density at radius 1 is 1.70 bits per heavy atom. The van der Waals surface area contributed by atoms with E-state index in [0.29, 0.717) is 0 Å². The van der Waals surface area contributed by atoms with Gasteiger partial charge in [0.25, 0.3) is 0 Å². The SMILES string of the molecule is OC1CCCn2cncc21. The van der Waals surface area contributed by atoms with Crippen LogP contribution in [0.3, 0.4) is 0 Å². The quantitative estimate of drug-likeness (QED) is 0.573. The zero-order valence-corrected chi connectivity index (χ0v) is 5.70. The van der Waals surface area contributed by atoms with E-state index in [0.717, 1.165) is 25.1 Å². The van der Waals surface area contributed by atoms with Gasteiger partial charge in [-0.2, -0.15) is 0 Å². The van der Waals surface area contributed by atoms with E-state index in [-0.39, 0.29) is 6.10 Å². The number of hydrogen-bond acceptors (Lipinski definition) is 2. The van der Waals surface area contributed by atoms with Crippen molar-refractivity contribution in [3.8, 4) is 0 Å². The highest BCUT2D eigenvalue weighted by Gasteiger charge is 2.16. The molecule has 1 unspecified atom stereocenters. The topological polar surface area (TPSA) is 38.0 Å². The van der Waals surface area contributed by atoms with Gasteiger partial charge in [-0.1, -0.05) is 0 Å². The second-order valence-corrected chi connectivity index (χ2v) is 2.67. The lowest BCUT2D eigenvalue weighted by Crippen LogP contribution is -2.13. The highest BCUT2D eigenvalue weighted by Crippen LogP contribution is 2.23. The summed E-state index contributed by atoms with van der Waals surface area (Å²) in [6.45, 7) is 1.01. The number of fused-ring (bicyclic) bond motifs is 1. The van der Waals surface area contributed by atoms with Gasteiger partial charge < -0.3 is 9.67 Å². The Hall–Kier alpha value is -0.830. The smallest absolute Gasteiger partial charge is 0.0956 e. The predicted molar refractivity (Wildman–Crippen MR) is 36.4 cm³/mol. The lowest BCUT2D eigenvalue weighted by molar-refractivity contribution is 0.139. The zero-order valence-electron chi connectivity index (χ0n) is 5.70. The first-order valence-corrected chi connectivity index (χ1v) is 3.56. The average Bonchev–Trinajstić information content (AvgIpc) is 2.36. The van der Waals surface area contributed by atoms with Gasteiger partial charge in [-0.15, -0.1) is 0 Å². The van der Waals surface area contributed by atoms with Crippen molar-refractivity contribution in [1.29, 1.82) is 0 Å². The number of imidazole rings is 1. The van der Waals surface area contributed by atoms with Gasteiger partial charge >= 0.3 is 0 Å². The van der Waals surface area contributed by atoms with E-state index in [1.54, 1.807) is 12.5 Å². The number of rotatable bonds is 0. The largest absolute Gasteiger partial charge is 0.387 e. The third kappa shape index (κ3) is 0.743. The molecule has 0 spiro atoms. The lowest BCUT2D eigenvalue weighted by atomic mass is 10.1. The molecule has 0 bridgehead atoms. The van der Waals surface area contributed by atoms with Gasteiger partial charge in [0.1, 0.15) is 0 Å². The first kappa shape index (κ1) is 5.92. The fraction of sp³-hybridized carbons (Fsp3) is 0.571. The normalized spacial score (nSPS) is 24.3. The molecule has 1 aliphatic heterocycles. The van der Waals surface area contributed by atoms with Crippen LogP contribution >= 0.6 is 0 Å². The number of aromatic nitrogens is 2. The van der Waals surface area contributed by atoms with Crippen molar-refractivity contribution in [2.75, 3.05) is 0 Å². The zero-order chi connectivity index (χ0) is 6.97. The Labute approximate surface area is 59.3 Å². The van der Waals surface area contributed by atoms with Gasteiger partial charge in [0, 0.05) is 6.54 Å². The molecular formula is C7H10N2O. The molecule has 1 atom stereocenters. The molecule has 2 rings (SSSR count). The molecule has 1 aromatic rings. The lowest BCUT2D eigenvalue weighted by Gasteiger charge is -2.18. The van der Waals surface area contributed by atoms with E-state index in [9.17, 15) is 5.11 Å². The molecule has 3 nitrogen and oxygen atoms in total. The van der Waals surface area contributed by atoms with Crippen LogP contribution in [0.5, 0.6) is 0 Å². The molecule has 0 amide bonds. The van der Waals surface area contributed by atoms with Crippen molar-refractivity contribution >= 4 is 0 Å². The van der Waals surface area contributed by atoms with E-state index >= 15 is 0 Å². The minimum atomic E-state index is -0.281. The summed E-state index contributed by atoms with van der Waals surface area (Å²) in [6.07, 6.45) is 5.17. The van der Waals surface area contributed by atoms with Crippen LogP contribution in [0, 0.1) is 0 Å². The third-order valence-corrected chi connectivity index (χ3v) is 1.96. The number of hydrogen-bond donors (Lipinski definition) is 1. The van der Waals surface area contributed by atoms with Crippen LogP contribution < -0.4 is 0 Å². The summed E-state index contributed by atoms with van der Waals surface area (Å²) in [4.78, 5) is 3.96. The number of aryl methyl sites for hydroxylation is 1. The maximum Gasteiger partial charge on any atom is 0.0956 e. The summed E-state index contributed by atoms with van der Waals surface area (Å²) in [5.74, 6) is 0. The Kier molecular flexibility index (Phi) is 1.24. The van der Waals surface area contributed by atoms with Gasteiger partial charge in [-0.05, 0) is 12.8 Å². The standard InChI is InChI=1S/C7H10N2O/c10-7-2-1-3-9-5-8-4-6(7)9/h4-5,7,10H,1-3H2. The first-order valence-electron chi connectivity index (χ1n) is 3.56. The minimum absolute atomic E-state index is 0.281. The van der Waals surface area contributed by atoms with E-state index in [4.69, 9.17) is 0 Å². The molecule has 0 fully saturated rings. The van der Waals surface area contributed by atoms with Crippen molar-refractivity contribution in [3.05, 3.63) is 18.2 Å². The predicted octanol–water partition coefficient (Wildman–Crippen LogP) is 0.710. The van der Waals surface area contributed by atoms with E-state index < -0.39 is 0 Å². The van der Waals surface area contributed by atoms with Crippen LogP contribution in [0.25, 0.3) is 0 Å². The molecule has 1 aromatic heterocycles. The molecule has 0 saturated carbocycles. The Balaban J connectivity index is 2.41. The van der Waals surface area contributed by atoms with Crippen molar-refractivity contribution in [3.63, 3.8) is 0 Å². The molecule has 0 aliphatic carbocycles. The fourth-order valence-corrected chi connectivity index (χ4v) is 1.40. The summed E-state index contributed by atoms with van der Waals surface area (Å²) in [5, 5.41) is 9.39. The van der Waals surface area contributed by atoms with Crippen LogP contribution in [0.15, 0.2) is 12.5 Å². The molecule has 0 saturated heterocycles. The van der Waals surface area contributed by atoms with Crippen LogP contribution in [-0.2, 0) is 6.54 Å². The molecule has 1 N–H and O–H groups in total. The van der Waals surface area contributed by atoms with E-state index in [2.05, 4.69) is 4.98 Å². The third-order valence-electron chi connectivity index (χ3n) is 1.96. The second kappa shape index (κ2) is 2.09. The maximum absolute atomic E-state index is 9.39. The van der Waals surface area contributed by atoms with Gasteiger partial charge in [0.2, 0.25) is 0 Å². The second-order valence-electron chi connectivity index (χ2n) is 2.67. The molecule has 3 heteroatoms. The summed E-state index contributed by atoms with van der Waals surface area (Å²) >= 11 is 0. The molecule has 0 aromatic carbocycles. The van der Waals surface area contributed by atoms with Crippen molar-refractivity contribution < 1.29 is 5.11 Å². The summed E-state index contributed by atoms with van der Waals surface area (Å²) in [7, 11) is 0. The highest BCUT2D eigenvalue weighted by molar-refractivity contribution is 5.04. The molecular weight excluding hydrogens is 128 g/mol. The number of nitrogens with zero attached hydrogens (tertiary/aromatic N) is 2. The van der Waals surface area contributed by atoms with Crippen molar-refractivity contribution in [2.45, 2.75) is 25.5 Å².